The molecule has 100 valence electrons. The second kappa shape index (κ2) is 6.49. The van der Waals surface area contributed by atoms with E-state index < -0.39 is 18.0 Å². The van der Waals surface area contributed by atoms with Crippen LogP contribution >= 0.6 is 11.6 Å². The molecule has 0 aliphatic heterocycles. The molecule has 1 aromatic rings. The number of halogens is 3. The third kappa shape index (κ3) is 3.53. The fraction of sp³-hybridized carbons (Fsp3) is 0.455. The number of alkyl halides is 2. The monoisotopic (exact) mass is 279 g/mol. The number of carbonyl (C=O) groups excluding carboxylic acids is 1. The zero-order valence-corrected chi connectivity index (χ0v) is 10.6. The highest BCUT2D eigenvalue weighted by molar-refractivity contribution is 6.30. The molecule has 0 saturated carbocycles. The van der Waals surface area contributed by atoms with Crippen LogP contribution in [0.4, 0.5) is 8.78 Å². The summed E-state index contributed by atoms with van der Waals surface area (Å²) in [6.45, 7) is 1.86. The molecule has 0 aromatic carbocycles. The number of nitrogens with zero attached hydrogens (tertiary/aromatic N) is 1. The summed E-state index contributed by atoms with van der Waals surface area (Å²) in [5, 5.41) is -0.0516. The fourth-order valence-electron chi connectivity index (χ4n) is 1.35. The molecule has 0 bridgehead atoms. The lowest BCUT2D eigenvalue weighted by molar-refractivity contribution is -0.142. The highest BCUT2D eigenvalue weighted by Gasteiger charge is 2.20. The van der Waals surface area contributed by atoms with Crippen LogP contribution in [-0.4, -0.2) is 24.7 Å². The Morgan fingerprint density at radius 3 is 2.72 bits per heavy atom. The van der Waals surface area contributed by atoms with E-state index >= 15 is 0 Å². The molecule has 0 amide bonds. The van der Waals surface area contributed by atoms with E-state index in [4.69, 9.17) is 21.1 Å². The summed E-state index contributed by atoms with van der Waals surface area (Å²) >= 11 is 5.79. The maximum absolute atomic E-state index is 12.7. The van der Waals surface area contributed by atoms with Crippen LogP contribution in [0.3, 0.4) is 0 Å². The van der Waals surface area contributed by atoms with Gasteiger partial charge in [-0.15, -0.1) is 0 Å². The molecule has 0 N–H and O–H groups in total. The van der Waals surface area contributed by atoms with Crippen molar-refractivity contribution in [3.63, 3.8) is 0 Å². The lowest BCUT2D eigenvalue weighted by atomic mass is 10.1. The Balaban J connectivity index is 3.05. The Kier molecular flexibility index (Phi) is 5.27. The summed E-state index contributed by atoms with van der Waals surface area (Å²) < 4.78 is 34.9. The van der Waals surface area contributed by atoms with Crippen LogP contribution in [0.5, 0.6) is 5.88 Å². The van der Waals surface area contributed by atoms with Crippen LogP contribution in [0.15, 0.2) is 6.07 Å². The summed E-state index contributed by atoms with van der Waals surface area (Å²) in [4.78, 5) is 15.0. The van der Waals surface area contributed by atoms with Crippen molar-refractivity contribution in [2.45, 2.75) is 19.8 Å². The van der Waals surface area contributed by atoms with Crippen LogP contribution in [0.2, 0.25) is 5.15 Å². The van der Waals surface area contributed by atoms with Gasteiger partial charge in [0.05, 0.1) is 25.7 Å². The molecule has 0 fully saturated rings. The topological polar surface area (TPSA) is 48.4 Å². The van der Waals surface area contributed by atoms with E-state index in [2.05, 4.69) is 4.98 Å². The van der Waals surface area contributed by atoms with Gasteiger partial charge in [-0.05, 0) is 13.0 Å². The number of hydrogen-bond donors (Lipinski definition) is 0. The summed E-state index contributed by atoms with van der Waals surface area (Å²) in [6.07, 6.45) is -2.96. The largest absolute Gasteiger partial charge is 0.481 e. The molecule has 0 atom stereocenters. The Bertz CT molecular complexity index is 441. The zero-order valence-electron chi connectivity index (χ0n) is 9.87. The van der Waals surface area contributed by atoms with Crippen LogP contribution in [-0.2, 0) is 16.0 Å². The highest BCUT2D eigenvalue weighted by atomic mass is 35.5. The molecule has 0 spiro atoms. The third-order valence-corrected chi connectivity index (χ3v) is 2.44. The minimum atomic E-state index is -2.76. The molecule has 0 saturated heterocycles. The van der Waals surface area contributed by atoms with Crippen molar-refractivity contribution in [3.05, 3.63) is 22.3 Å². The molecule has 4 nitrogen and oxygen atoms in total. The number of hydrogen-bond acceptors (Lipinski definition) is 4. The van der Waals surface area contributed by atoms with Crippen LogP contribution in [0.25, 0.3) is 0 Å². The molecule has 1 aromatic heterocycles. The summed E-state index contributed by atoms with van der Waals surface area (Å²) in [5.41, 5.74) is -0.215. The van der Waals surface area contributed by atoms with Gasteiger partial charge in [0.2, 0.25) is 5.88 Å². The SMILES string of the molecule is CCOC(=O)Cc1cc(C(F)F)c(OC)nc1Cl. The second-order valence-electron chi connectivity index (χ2n) is 3.32. The van der Waals surface area contributed by atoms with Crippen molar-refractivity contribution in [2.24, 2.45) is 0 Å². The highest BCUT2D eigenvalue weighted by Crippen LogP contribution is 2.31. The van der Waals surface area contributed by atoms with Gasteiger partial charge in [0.15, 0.2) is 0 Å². The normalized spacial score (nSPS) is 10.6. The Labute approximate surface area is 108 Å². The van der Waals surface area contributed by atoms with Gasteiger partial charge in [0, 0.05) is 5.56 Å². The smallest absolute Gasteiger partial charge is 0.310 e. The van der Waals surface area contributed by atoms with E-state index in [1.165, 1.54) is 7.11 Å². The Morgan fingerprint density at radius 1 is 1.56 bits per heavy atom. The zero-order chi connectivity index (χ0) is 13.7. The minimum absolute atomic E-state index is 0.0516. The Morgan fingerprint density at radius 2 is 2.22 bits per heavy atom. The van der Waals surface area contributed by atoms with Crippen LogP contribution in [0.1, 0.15) is 24.5 Å². The first-order valence-electron chi connectivity index (χ1n) is 5.16. The first-order chi connectivity index (χ1) is 8.49. The fourth-order valence-corrected chi connectivity index (χ4v) is 1.54. The number of carbonyl (C=O) groups is 1. The molecule has 7 heteroatoms. The average molecular weight is 280 g/mol. The van der Waals surface area contributed by atoms with E-state index in [0.29, 0.717) is 0 Å². The molecule has 1 heterocycles. The lowest BCUT2D eigenvalue weighted by Gasteiger charge is -2.10. The van der Waals surface area contributed by atoms with Crippen molar-refractivity contribution in [1.82, 2.24) is 4.98 Å². The predicted molar refractivity (Wildman–Crippen MR) is 61.1 cm³/mol. The van der Waals surface area contributed by atoms with Crippen molar-refractivity contribution in [3.8, 4) is 5.88 Å². The molecule has 1 rings (SSSR count). The van der Waals surface area contributed by atoms with E-state index in [-0.39, 0.29) is 29.6 Å². The van der Waals surface area contributed by atoms with Gasteiger partial charge in [-0.25, -0.2) is 13.8 Å². The number of ether oxygens (including phenoxy) is 2. The lowest BCUT2D eigenvalue weighted by Crippen LogP contribution is -2.09. The van der Waals surface area contributed by atoms with Gasteiger partial charge in [0.25, 0.3) is 6.43 Å². The summed E-state index contributed by atoms with van der Waals surface area (Å²) in [5.74, 6) is -0.797. The van der Waals surface area contributed by atoms with E-state index in [9.17, 15) is 13.6 Å². The van der Waals surface area contributed by atoms with Crippen LogP contribution < -0.4 is 4.74 Å². The van der Waals surface area contributed by atoms with E-state index in [1.807, 2.05) is 0 Å². The van der Waals surface area contributed by atoms with Crippen molar-refractivity contribution < 1.29 is 23.0 Å². The maximum Gasteiger partial charge on any atom is 0.310 e. The van der Waals surface area contributed by atoms with Crippen molar-refractivity contribution >= 4 is 17.6 Å². The summed E-state index contributed by atoms with van der Waals surface area (Å²) in [7, 11) is 1.22. The molecule has 0 radical (unpaired) electrons. The van der Waals surface area contributed by atoms with E-state index in [1.54, 1.807) is 6.92 Å². The van der Waals surface area contributed by atoms with Gasteiger partial charge < -0.3 is 9.47 Å². The van der Waals surface area contributed by atoms with Gasteiger partial charge in [0.1, 0.15) is 5.15 Å². The summed E-state index contributed by atoms with van der Waals surface area (Å²) in [6, 6.07) is 1.11. The number of methoxy groups -OCH3 is 1. The first kappa shape index (κ1) is 14.6. The van der Waals surface area contributed by atoms with Gasteiger partial charge in [-0.2, -0.15) is 0 Å². The quantitative estimate of drug-likeness (QED) is 0.614. The van der Waals surface area contributed by atoms with Gasteiger partial charge >= 0.3 is 5.97 Å². The molecule has 0 aliphatic rings. The number of esters is 1. The number of rotatable bonds is 5. The molecule has 0 aliphatic carbocycles. The minimum Gasteiger partial charge on any atom is -0.481 e. The van der Waals surface area contributed by atoms with E-state index in [0.717, 1.165) is 6.07 Å². The van der Waals surface area contributed by atoms with Gasteiger partial charge in [-0.1, -0.05) is 11.6 Å². The third-order valence-electron chi connectivity index (χ3n) is 2.11. The maximum atomic E-state index is 12.7. The van der Waals surface area contributed by atoms with Gasteiger partial charge in [-0.3, -0.25) is 4.79 Å². The van der Waals surface area contributed by atoms with Crippen molar-refractivity contribution in [1.29, 1.82) is 0 Å². The predicted octanol–water partition coefficient (Wildman–Crippen LogP) is 2.79. The number of pyridine rings is 1. The molecular formula is C11H12ClF2NO3. The second-order valence-corrected chi connectivity index (χ2v) is 3.68. The average Bonchev–Trinajstić information content (AvgIpc) is 2.31. The first-order valence-corrected chi connectivity index (χ1v) is 5.54. The van der Waals surface area contributed by atoms with Crippen LogP contribution in [0, 0.1) is 0 Å². The molecular weight excluding hydrogens is 268 g/mol. The molecule has 18 heavy (non-hydrogen) atoms. The number of aromatic nitrogens is 1. The Hall–Kier alpha value is -1.43. The molecule has 0 unspecified atom stereocenters. The van der Waals surface area contributed by atoms with Crippen molar-refractivity contribution in [2.75, 3.05) is 13.7 Å². The standard InChI is InChI=1S/C11H12ClF2NO3/c1-3-18-8(16)5-6-4-7(10(13)14)11(17-2)15-9(6)12/h4,10H,3,5H2,1-2H3.